The number of benzene rings is 1. The van der Waals surface area contributed by atoms with Gasteiger partial charge in [-0.2, -0.15) is 13.2 Å². The summed E-state index contributed by atoms with van der Waals surface area (Å²) in [6.07, 6.45) is -2.06. The van der Waals surface area contributed by atoms with Gasteiger partial charge in [0.25, 0.3) is 0 Å². The second-order valence-corrected chi connectivity index (χ2v) is 11.2. The molecule has 0 unspecified atom stereocenters. The van der Waals surface area contributed by atoms with Crippen molar-refractivity contribution in [2.75, 3.05) is 31.1 Å². The van der Waals surface area contributed by atoms with Gasteiger partial charge in [0.05, 0.1) is 17.2 Å². The molecular weight excluding hydrogens is 486 g/mol. The van der Waals surface area contributed by atoms with Gasteiger partial charge in [0.2, 0.25) is 5.91 Å². The highest BCUT2D eigenvalue weighted by atomic mass is 19.4. The Morgan fingerprint density at radius 3 is 2.38 bits per heavy atom. The predicted molar refractivity (Wildman–Crippen MR) is 132 cm³/mol. The van der Waals surface area contributed by atoms with Crippen molar-refractivity contribution >= 4 is 11.7 Å². The molecule has 6 nitrogen and oxygen atoms in total. The van der Waals surface area contributed by atoms with Crippen LogP contribution in [0.25, 0.3) is 0 Å². The monoisotopic (exact) mass is 519 g/mol. The van der Waals surface area contributed by atoms with Crippen molar-refractivity contribution in [3.05, 3.63) is 53.0 Å². The van der Waals surface area contributed by atoms with E-state index in [2.05, 4.69) is 34.0 Å². The van der Waals surface area contributed by atoms with Gasteiger partial charge in [-0.3, -0.25) is 4.79 Å². The van der Waals surface area contributed by atoms with Crippen LogP contribution in [0.3, 0.4) is 0 Å². The summed E-state index contributed by atoms with van der Waals surface area (Å²) in [4.78, 5) is 26.4. The second kappa shape index (κ2) is 9.53. The van der Waals surface area contributed by atoms with Gasteiger partial charge in [-0.05, 0) is 56.7 Å². The lowest BCUT2D eigenvalue weighted by Crippen LogP contribution is -2.53. The number of nitrogens with zero attached hydrogens (tertiary/aromatic N) is 4. The van der Waals surface area contributed by atoms with Crippen molar-refractivity contribution in [2.24, 2.45) is 0 Å². The minimum Gasteiger partial charge on any atom is -0.353 e. The molecule has 1 amide bonds. The summed E-state index contributed by atoms with van der Waals surface area (Å²) in [5.74, 6) is 0.107. The summed E-state index contributed by atoms with van der Waals surface area (Å²) in [5.41, 5.74) is 1.04. The van der Waals surface area contributed by atoms with E-state index in [4.69, 9.17) is 0 Å². The number of hydrogen-bond acceptors (Lipinski definition) is 5. The topological polar surface area (TPSA) is 61.4 Å². The first kappa shape index (κ1) is 25.9. The molecule has 0 spiro atoms. The third-order valence-corrected chi connectivity index (χ3v) is 8.06. The molecule has 1 aliphatic carbocycles. The van der Waals surface area contributed by atoms with Crippen LogP contribution in [0.5, 0.6) is 0 Å². The second-order valence-electron chi connectivity index (χ2n) is 11.2. The predicted octanol–water partition coefficient (Wildman–Crippen LogP) is 4.98. The fourth-order valence-corrected chi connectivity index (χ4v) is 6.09. The van der Waals surface area contributed by atoms with Crippen molar-refractivity contribution in [1.82, 2.24) is 20.2 Å². The zero-order chi connectivity index (χ0) is 26.5. The van der Waals surface area contributed by atoms with E-state index in [1.165, 1.54) is 18.5 Å². The maximum Gasteiger partial charge on any atom is 0.416 e. The Hall–Kier alpha value is -2.75. The molecule has 2 aromatic rings. The molecule has 2 aliphatic heterocycles. The number of nitrogens with one attached hydrogen (secondary N) is 1. The summed E-state index contributed by atoms with van der Waals surface area (Å²) in [7, 11) is 0. The van der Waals surface area contributed by atoms with E-state index in [9.17, 15) is 22.4 Å². The quantitative estimate of drug-likeness (QED) is 0.578. The molecule has 5 rings (SSSR count). The van der Waals surface area contributed by atoms with Crippen LogP contribution < -0.4 is 10.2 Å². The molecule has 200 valence electrons. The normalized spacial score (nSPS) is 26.3. The lowest BCUT2D eigenvalue weighted by Gasteiger charge is -2.39. The van der Waals surface area contributed by atoms with Crippen molar-refractivity contribution in [3.63, 3.8) is 0 Å². The summed E-state index contributed by atoms with van der Waals surface area (Å²) >= 11 is 0. The SMILES string of the molecule is C[C@@H]1C[C@@H](F)c2ncnc(N3CCN(C(=O)[C@@H](c4ccc(C(F)(F)F)cc4)[C@@H]4CCC(C)(C)N4)CC3)c21. The molecule has 10 heteroatoms. The van der Waals surface area contributed by atoms with E-state index < -0.39 is 23.8 Å². The molecule has 0 saturated carbocycles. The van der Waals surface area contributed by atoms with Gasteiger partial charge in [0.1, 0.15) is 18.3 Å². The zero-order valence-corrected chi connectivity index (χ0v) is 21.4. The number of anilines is 1. The molecule has 37 heavy (non-hydrogen) atoms. The van der Waals surface area contributed by atoms with Gasteiger partial charge >= 0.3 is 6.18 Å². The average Bonchev–Trinajstić information content (AvgIpc) is 3.36. The van der Waals surface area contributed by atoms with E-state index in [1.807, 2.05) is 6.92 Å². The van der Waals surface area contributed by atoms with Crippen LogP contribution >= 0.6 is 0 Å². The first-order valence-corrected chi connectivity index (χ1v) is 12.9. The highest BCUT2D eigenvalue weighted by Gasteiger charge is 2.42. The zero-order valence-electron chi connectivity index (χ0n) is 21.4. The Kier molecular flexibility index (Phi) is 6.66. The Balaban J connectivity index is 1.35. The number of piperazine rings is 1. The fourth-order valence-electron chi connectivity index (χ4n) is 6.09. The number of carbonyl (C=O) groups excluding carboxylic acids is 1. The summed E-state index contributed by atoms with van der Waals surface area (Å²) in [6, 6.07) is 4.83. The van der Waals surface area contributed by atoms with Crippen molar-refractivity contribution in [1.29, 1.82) is 0 Å². The molecule has 1 aromatic carbocycles. The van der Waals surface area contributed by atoms with E-state index in [0.29, 0.717) is 43.9 Å². The van der Waals surface area contributed by atoms with Crippen molar-refractivity contribution in [3.8, 4) is 0 Å². The molecule has 3 heterocycles. The maximum atomic E-state index is 14.4. The van der Waals surface area contributed by atoms with Crippen molar-refractivity contribution in [2.45, 2.75) is 75.8 Å². The molecule has 2 saturated heterocycles. The minimum atomic E-state index is -4.43. The molecule has 4 atom stereocenters. The molecular formula is C27H33F4N5O. The molecule has 2 fully saturated rings. The summed E-state index contributed by atoms with van der Waals surface area (Å²) in [5, 5.41) is 3.53. The molecule has 3 aliphatic rings. The van der Waals surface area contributed by atoms with E-state index in [1.54, 1.807) is 4.90 Å². The van der Waals surface area contributed by atoms with Gasteiger partial charge in [-0.1, -0.05) is 19.1 Å². The fraction of sp³-hybridized carbons (Fsp3) is 0.593. The van der Waals surface area contributed by atoms with E-state index in [0.717, 1.165) is 36.4 Å². The highest BCUT2D eigenvalue weighted by Crippen LogP contribution is 2.45. The van der Waals surface area contributed by atoms with Gasteiger partial charge in [-0.25, -0.2) is 14.4 Å². The highest BCUT2D eigenvalue weighted by molar-refractivity contribution is 5.85. The lowest BCUT2D eigenvalue weighted by atomic mass is 9.88. The van der Waals surface area contributed by atoms with Gasteiger partial charge in [0.15, 0.2) is 0 Å². The number of hydrogen-bond donors (Lipinski definition) is 1. The van der Waals surface area contributed by atoms with E-state index >= 15 is 0 Å². The smallest absolute Gasteiger partial charge is 0.353 e. The van der Waals surface area contributed by atoms with Crippen LogP contribution in [0.4, 0.5) is 23.4 Å². The van der Waals surface area contributed by atoms with Crippen LogP contribution in [0, 0.1) is 0 Å². The number of amides is 1. The average molecular weight is 520 g/mol. The Bertz CT molecular complexity index is 1140. The number of fused-ring (bicyclic) bond motifs is 1. The first-order chi connectivity index (χ1) is 17.4. The van der Waals surface area contributed by atoms with Crippen LogP contribution in [-0.4, -0.2) is 58.5 Å². The third kappa shape index (κ3) is 5.04. The Morgan fingerprint density at radius 1 is 1.11 bits per heavy atom. The van der Waals surface area contributed by atoms with Crippen LogP contribution in [0.15, 0.2) is 30.6 Å². The molecule has 1 aromatic heterocycles. The first-order valence-electron chi connectivity index (χ1n) is 12.9. The Morgan fingerprint density at radius 2 is 1.78 bits per heavy atom. The maximum absolute atomic E-state index is 14.4. The van der Waals surface area contributed by atoms with Crippen molar-refractivity contribution < 1.29 is 22.4 Å². The van der Waals surface area contributed by atoms with Gasteiger partial charge in [0, 0.05) is 43.3 Å². The lowest BCUT2D eigenvalue weighted by molar-refractivity contribution is -0.137. The van der Waals surface area contributed by atoms with Crippen LogP contribution in [0.2, 0.25) is 0 Å². The largest absolute Gasteiger partial charge is 0.416 e. The minimum absolute atomic E-state index is 0.0294. The number of halogens is 4. The number of aromatic nitrogens is 2. The Labute approximate surface area is 214 Å². The molecule has 0 radical (unpaired) electrons. The van der Waals surface area contributed by atoms with Crippen LogP contribution in [0.1, 0.15) is 80.4 Å². The van der Waals surface area contributed by atoms with Gasteiger partial charge < -0.3 is 15.1 Å². The van der Waals surface area contributed by atoms with Gasteiger partial charge in [-0.15, -0.1) is 0 Å². The molecule has 0 bridgehead atoms. The van der Waals surface area contributed by atoms with E-state index in [-0.39, 0.29) is 23.4 Å². The van der Waals surface area contributed by atoms with Crippen LogP contribution in [-0.2, 0) is 11.0 Å². The number of carbonyl (C=O) groups is 1. The summed E-state index contributed by atoms with van der Waals surface area (Å²) < 4.78 is 53.9. The standard InChI is InChI=1S/C27H33F4N5O/c1-16-14-19(28)23-21(16)24(33-15-32-23)35-10-12-36(13-11-35)25(37)22(20-8-9-26(2,3)34-20)17-4-6-18(7-5-17)27(29,30)31/h4-7,15-16,19-20,22,34H,8-14H2,1-3H3/t16-,19-,20+,22+/m1/s1. The third-order valence-electron chi connectivity index (χ3n) is 8.06. The summed E-state index contributed by atoms with van der Waals surface area (Å²) in [6.45, 7) is 8.13. The number of rotatable bonds is 4. The number of alkyl halides is 4. The molecule has 1 N–H and O–H groups in total.